The van der Waals surface area contributed by atoms with Crippen LogP contribution in [0.2, 0.25) is 0 Å². The van der Waals surface area contributed by atoms with Gasteiger partial charge in [0.15, 0.2) is 9.84 Å². The number of benzene rings is 1. The lowest BCUT2D eigenvalue weighted by Crippen LogP contribution is -2.37. The highest BCUT2D eigenvalue weighted by molar-refractivity contribution is 7.90. The van der Waals surface area contributed by atoms with Crippen molar-refractivity contribution in [3.05, 3.63) is 42.1 Å². The molecule has 0 aliphatic rings. The van der Waals surface area contributed by atoms with Crippen LogP contribution in [0.5, 0.6) is 0 Å². The Labute approximate surface area is 123 Å². The van der Waals surface area contributed by atoms with Crippen molar-refractivity contribution in [3.63, 3.8) is 0 Å². The van der Waals surface area contributed by atoms with Gasteiger partial charge in [0.1, 0.15) is 0 Å². The van der Waals surface area contributed by atoms with E-state index in [2.05, 4.69) is 4.98 Å². The van der Waals surface area contributed by atoms with E-state index < -0.39 is 15.9 Å². The molecule has 0 bridgehead atoms. The topological polar surface area (TPSA) is 88.5 Å². The largest absolute Gasteiger partial charge is 0.383 e. The van der Waals surface area contributed by atoms with Crippen molar-refractivity contribution in [1.82, 2.24) is 10.5 Å². The zero-order valence-electron chi connectivity index (χ0n) is 11.7. The number of nitrogens with one attached hydrogen (secondary N) is 1. The number of nitrogens with zero attached hydrogens (tertiary/aromatic N) is 1. The third-order valence-corrected chi connectivity index (χ3v) is 4.72. The Kier molecular flexibility index (Phi) is 5.24. The summed E-state index contributed by atoms with van der Waals surface area (Å²) in [4.78, 5) is 4.25. The molecule has 1 aromatic carbocycles. The first-order valence-corrected chi connectivity index (χ1v) is 8.29. The molecule has 0 aliphatic heterocycles. The van der Waals surface area contributed by atoms with Gasteiger partial charge in [0, 0.05) is 18.7 Å². The number of methoxy groups -OCH3 is 1. The molecule has 1 heterocycles. The third kappa shape index (κ3) is 4.47. The minimum absolute atomic E-state index is 0.117. The van der Waals surface area contributed by atoms with Crippen LogP contribution in [0.3, 0.4) is 0 Å². The average Bonchev–Trinajstić information content (AvgIpc) is 2.46. The quantitative estimate of drug-likeness (QED) is 0.746. The minimum atomic E-state index is -3.38. The maximum absolute atomic E-state index is 12.1. The van der Waals surface area contributed by atoms with Crippen LogP contribution in [0.15, 0.2) is 36.5 Å². The van der Waals surface area contributed by atoms with Crippen LogP contribution >= 0.6 is 0 Å². The number of sulfone groups is 1. The molecule has 6 nitrogen and oxygen atoms in total. The fourth-order valence-corrected chi connectivity index (χ4v) is 3.71. The summed E-state index contributed by atoms with van der Waals surface area (Å²) in [5.41, 5.74) is 3.41. The van der Waals surface area contributed by atoms with Crippen LogP contribution in [-0.2, 0) is 20.3 Å². The van der Waals surface area contributed by atoms with E-state index in [1.54, 1.807) is 6.20 Å². The number of hydrogen-bond donors (Lipinski definition) is 2. The van der Waals surface area contributed by atoms with E-state index in [1.807, 2.05) is 35.8 Å². The highest BCUT2D eigenvalue weighted by Gasteiger charge is 2.19. The molecule has 1 atom stereocenters. The third-order valence-electron chi connectivity index (χ3n) is 3.04. The first-order valence-electron chi connectivity index (χ1n) is 6.47. The summed E-state index contributed by atoms with van der Waals surface area (Å²) in [6.45, 7) is 0.117. The van der Waals surface area contributed by atoms with Gasteiger partial charge in [0.2, 0.25) is 0 Å². The number of rotatable bonds is 7. The van der Waals surface area contributed by atoms with Crippen molar-refractivity contribution in [2.24, 2.45) is 0 Å². The van der Waals surface area contributed by atoms with E-state index in [0.717, 1.165) is 10.9 Å². The number of pyridine rings is 1. The average molecular weight is 310 g/mol. The lowest BCUT2D eigenvalue weighted by Gasteiger charge is -2.14. The molecular weight excluding hydrogens is 292 g/mol. The molecule has 0 saturated heterocycles. The second-order valence-corrected chi connectivity index (χ2v) is 6.98. The van der Waals surface area contributed by atoms with Crippen LogP contribution < -0.4 is 5.48 Å². The lowest BCUT2D eigenvalue weighted by atomic mass is 10.2. The molecule has 21 heavy (non-hydrogen) atoms. The Balaban J connectivity index is 2.14. The van der Waals surface area contributed by atoms with Crippen molar-refractivity contribution in [1.29, 1.82) is 0 Å². The minimum Gasteiger partial charge on any atom is -0.383 e. The fourth-order valence-electron chi connectivity index (χ4n) is 2.14. The van der Waals surface area contributed by atoms with Gasteiger partial charge in [-0.05, 0) is 17.7 Å². The van der Waals surface area contributed by atoms with E-state index in [0.29, 0.717) is 5.56 Å². The van der Waals surface area contributed by atoms with Crippen molar-refractivity contribution in [2.75, 3.05) is 19.5 Å². The summed E-state index contributed by atoms with van der Waals surface area (Å²) in [6.07, 6.45) is 1.57. The number of fused-ring (bicyclic) bond motifs is 1. The Bertz CT molecular complexity index is 703. The van der Waals surface area contributed by atoms with E-state index in [1.165, 1.54) is 7.11 Å². The highest BCUT2D eigenvalue weighted by atomic mass is 32.2. The zero-order chi connectivity index (χ0) is 15.3. The molecular formula is C14H18N2O4S. The lowest BCUT2D eigenvalue weighted by molar-refractivity contribution is 0.0800. The van der Waals surface area contributed by atoms with Gasteiger partial charge in [0.25, 0.3) is 0 Å². The predicted octanol–water partition coefficient (Wildman–Crippen LogP) is 1.14. The van der Waals surface area contributed by atoms with Gasteiger partial charge >= 0.3 is 0 Å². The summed E-state index contributed by atoms with van der Waals surface area (Å²) in [5, 5.41) is 9.82. The Morgan fingerprint density at radius 3 is 2.86 bits per heavy atom. The predicted molar refractivity (Wildman–Crippen MR) is 79.8 cm³/mol. The number of para-hydroxylation sites is 1. The zero-order valence-corrected chi connectivity index (χ0v) is 12.5. The van der Waals surface area contributed by atoms with Crippen LogP contribution in [0.4, 0.5) is 0 Å². The van der Waals surface area contributed by atoms with Gasteiger partial charge < -0.3 is 9.94 Å². The van der Waals surface area contributed by atoms with Crippen LogP contribution in [0, 0.1) is 0 Å². The molecule has 1 aromatic heterocycles. The van der Waals surface area contributed by atoms with E-state index in [4.69, 9.17) is 9.94 Å². The van der Waals surface area contributed by atoms with Gasteiger partial charge in [-0.1, -0.05) is 18.2 Å². The van der Waals surface area contributed by atoms with Crippen molar-refractivity contribution >= 4 is 20.7 Å². The molecule has 2 aromatic rings. The number of hydroxylamine groups is 1. The molecule has 0 saturated carbocycles. The second kappa shape index (κ2) is 6.95. The number of ether oxygens (including phenoxy) is 1. The molecule has 0 radical (unpaired) electrons. The Morgan fingerprint density at radius 2 is 2.14 bits per heavy atom. The maximum atomic E-state index is 12.1. The van der Waals surface area contributed by atoms with Gasteiger partial charge in [-0.15, -0.1) is 0 Å². The molecule has 0 aliphatic carbocycles. The van der Waals surface area contributed by atoms with Gasteiger partial charge in [0.05, 0.1) is 29.7 Å². The first-order chi connectivity index (χ1) is 10.0. The normalized spacial score (nSPS) is 13.4. The molecule has 0 amide bonds. The summed E-state index contributed by atoms with van der Waals surface area (Å²) in [7, 11) is -1.93. The highest BCUT2D eigenvalue weighted by Crippen LogP contribution is 2.15. The molecule has 2 rings (SSSR count). The molecule has 7 heteroatoms. The molecule has 0 unspecified atom stereocenters. The number of hydrogen-bond acceptors (Lipinski definition) is 6. The summed E-state index contributed by atoms with van der Waals surface area (Å²) >= 11 is 0. The van der Waals surface area contributed by atoms with Crippen molar-refractivity contribution in [3.8, 4) is 0 Å². The van der Waals surface area contributed by atoms with Crippen LogP contribution in [-0.4, -0.2) is 44.1 Å². The first kappa shape index (κ1) is 15.8. The molecule has 0 spiro atoms. The van der Waals surface area contributed by atoms with E-state index in [9.17, 15) is 8.42 Å². The van der Waals surface area contributed by atoms with Crippen LogP contribution in [0.1, 0.15) is 5.56 Å². The Hall–Kier alpha value is -1.54. The van der Waals surface area contributed by atoms with Gasteiger partial charge in [-0.2, -0.15) is 5.48 Å². The monoisotopic (exact) mass is 310 g/mol. The SMILES string of the molecule is COC[C@@H](CS(=O)(=O)Cc1cnc2ccccc2c1)NO. The molecule has 114 valence electrons. The van der Waals surface area contributed by atoms with Gasteiger partial charge in [-0.25, -0.2) is 8.42 Å². The molecule has 0 fully saturated rings. The fraction of sp³-hybridized carbons (Fsp3) is 0.357. The Morgan fingerprint density at radius 1 is 1.38 bits per heavy atom. The standard InChI is InChI=1S/C14H18N2O4S/c1-20-8-13(16-17)10-21(18,19)9-11-6-12-4-2-3-5-14(12)15-7-11/h2-7,13,16-17H,8-10H2,1H3/t13-/m0/s1. The van der Waals surface area contributed by atoms with E-state index in [-0.39, 0.29) is 18.1 Å². The summed E-state index contributed by atoms with van der Waals surface area (Å²) < 4.78 is 29.1. The molecule has 2 N–H and O–H groups in total. The van der Waals surface area contributed by atoms with Crippen LogP contribution in [0.25, 0.3) is 10.9 Å². The summed E-state index contributed by atoms with van der Waals surface area (Å²) in [5.74, 6) is -0.323. The van der Waals surface area contributed by atoms with E-state index >= 15 is 0 Å². The summed E-state index contributed by atoms with van der Waals surface area (Å²) in [6, 6.07) is 8.70. The van der Waals surface area contributed by atoms with Crippen molar-refractivity contribution in [2.45, 2.75) is 11.8 Å². The van der Waals surface area contributed by atoms with Gasteiger partial charge in [-0.3, -0.25) is 4.98 Å². The number of aromatic nitrogens is 1. The smallest absolute Gasteiger partial charge is 0.156 e. The van der Waals surface area contributed by atoms with Crippen molar-refractivity contribution < 1.29 is 18.4 Å². The maximum Gasteiger partial charge on any atom is 0.156 e. The second-order valence-electron chi connectivity index (χ2n) is 4.87.